The van der Waals surface area contributed by atoms with Crippen molar-refractivity contribution in [2.24, 2.45) is 0 Å². The van der Waals surface area contributed by atoms with Crippen molar-refractivity contribution in [3.63, 3.8) is 0 Å². The summed E-state index contributed by atoms with van der Waals surface area (Å²) in [7, 11) is 0. The summed E-state index contributed by atoms with van der Waals surface area (Å²) in [6.45, 7) is 2.09. The Morgan fingerprint density at radius 3 is 3.14 bits per heavy atom. The minimum absolute atomic E-state index is 0.307. The monoisotopic (exact) mass is 296 g/mol. The van der Waals surface area contributed by atoms with Gasteiger partial charge in [0.05, 0.1) is 16.3 Å². The fourth-order valence-electron chi connectivity index (χ4n) is 3.02. The molecule has 0 fully saturated rings. The van der Waals surface area contributed by atoms with Gasteiger partial charge in [-0.05, 0) is 54.0 Å². The van der Waals surface area contributed by atoms with Gasteiger partial charge in [-0.1, -0.05) is 6.07 Å². The predicted octanol–water partition coefficient (Wildman–Crippen LogP) is 3.68. The van der Waals surface area contributed by atoms with Crippen LogP contribution < -0.4 is 11.1 Å². The Bertz CT molecular complexity index is 824. The van der Waals surface area contributed by atoms with E-state index in [2.05, 4.69) is 39.7 Å². The zero-order valence-electron chi connectivity index (χ0n) is 11.8. The summed E-state index contributed by atoms with van der Waals surface area (Å²) in [4.78, 5) is 8.81. The molecule has 1 unspecified atom stereocenters. The van der Waals surface area contributed by atoms with Crippen LogP contribution in [-0.4, -0.2) is 9.97 Å². The first kappa shape index (κ1) is 12.6. The van der Waals surface area contributed by atoms with E-state index in [1.165, 1.54) is 16.7 Å². The Morgan fingerprint density at radius 2 is 2.24 bits per heavy atom. The molecule has 0 aliphatic heterocycles. The van der Waals surface area contributed by atoms with Crippen LogP contribution in [0.4, 0.5) is 11.5 Å². The lowest BCUT2D eigenvalue weighted by Gasteiger charge is -2.15. The van der Waals surface area contributed by atoms with Gasteiger partial charge in [0.1, 0.15) is 12.1 Å². The summed E-state index contributed by atoms with van der Waals surface area (Å²) in [5, 5.41) is 5.72. The molecule has 1 aliphatic rings. The second-order valence-electron chi connectivity index (χ2n) is 5.51. The summed E-state index contributed by atoms with van der Waals surface area (Å²) in [6.07, 6.45) is 3.79. The number of rotatable bonds is 2. The molecule has 4 nitrogen and oxygen atoms in total. The molecular weight excluding hydrogens is 280 g/mol. The Morgan fingerprint density at radius 1 is 1.33 bits per heavy atom. The highest BCUT2D eigenvalue weighted by Gasteiger charge is 2.23. The lowest BCUT2D eigenvalue weighted by atomic mass is 10.1. The van der Waals surface area contributed by atoms with E-state index in [1.54, 1.807) is 17.7 Å². The van der Waals surface area contributed by atoms with Crippen LogP contribution in [0.3, 0.4) is 0 Å². The number of hydrogen-bond donors (Lipinski definition) is 2. The van der Waals surface area contributed by atoms with Crippen LogP contribution in [0.15, 0.2) is 29.9 Å². The van der Waals surface area contributed by atoms with Crippen LogP contribution >= 0.6 is 11.3 Å². The SMILES string of the molecule is Cc1csc2c(NC3CCc4cc(N)ccc43)ncnc12. The number of nitrogens with two attached hydrogens (primary N) is 1. The van der Waals surface area contributed by atoms with Crippen molar-refractivity contribution in [3.05, 3.63) is 46.6 Å². The topological polar surface area (TPSA) is 63.8 Å². The van der Waals surface area contributed by atoms with Crippen LogP contribution in [0.1, 0.15) is 29.2 Å². The van der Waals surface area contributed by atoms with E-state index in [9.17, 15) is 0 Å². The molecule has 1 aromatic carbocycles. The van der Waals surface area contributed by atoms with Gasteiger partial charge in [-0.25, -0.2) is 9.97 Å². The molecule has 1 aliphatic carbocycles. The fraction of sp³-hybridized carbons (Fsp3) is 0.250. The number of hydrogen-bond acceptors (Lipinski definition) is 5. The number of aromatic nitrogens is 2. The highest BCUT2D eigenvalue weighted by Crippen LogP contribution is 2.37. The van der Waals surface area contributed by atoms with Crippen LogP contribution in [0, 0.1) is 6.92 Å². The standard InChI is InChI=1S/C16H16N4S/c1-9-7-21-15-14(9)18-8-19-16(15)20-13-5-2-10-6-11(17)3-4-12(10)13/h3-4,6-8,13H,2,5,17H2,1H3,(H,18,19,20). The molecule has 1 atom stereocenters. The molecule has 0 saturated heterocycles. The van der Waals surface area contributed by atoms with Gasteiger partial charge in [0, 0.05) is 5.69 Å². The van der Waals surface area contributed by atoms with E-state index in [0.29, 0.717) is 6.04 Å². The van der Waals surface area contributed by atoms with Crippen molar-refractivity contribution in [3.8, 4) is 0 Å². The average Bonchev–Trinajstić information content (AvgIpc) is 3.04. The smallest absolute Gasteiger partial charge is 0.147 e. The van der Waals surface area contributed by atoms with Gasteiger partial charge >= 0.3 is 0 Å². The fourth-order valence-corrected chi connectivity index (χ4v) is 3.98. The number of nitrogen functional groups attached to an aromatic ring is 1. The van der Waals surface area contributed by atoms with Gasteiger partial charge in [0.2, 0.25) is 0 Å². The highest BCUT2D eigenvalue weighted by atomic mass is 32.1. The second-order valence-corrected chi connectivity index (χ2v) is 6.39. The maximum Gasteiger partial charge on any atom is 0.147 e. The van der Waals surface area contributed by atoms with Gasteiger partial charge in [0.15, 0.2) is 0 Å². The highest BCUT2D eigenvalue weighted by molar-refractivity contribution is 7.18. The van der Waals surface area contributed by atoms with Crippen molar-refractivity contribution >= 4 is 33.1 Å². The van der Waals surface area contributed by atoms with Crippen molar-refractivity contribution < 1.29 is 0 Å². The number of nitrogens with one attached hydrogen (secondary N) is 1. The minimum atomic E-state index is 0.307. The maximum atomic E-state index is 5.87. The van der Waals surface area contributed by atoms with E-state index in [4.69, 9.17) is 5.73 Å². The van der Waals surface area contributed by atoms with Crippen molar-refractivity contribution in [1.29, 1.82) is 0 Å². The summed E-state index contributed by atoms with van der Waals surface area (Å²) in [5.41, 5.74) is 11.6. The van der Waals surface area contributed by atoms with E-state index in [-0.39, 0.29) is 0 Å². The predicted molar refractivity (Wildman–Crippen MR) is 87.7 cm³/mol. The van der Waals surface area contributed by atoms with Crippen LogP contribution in [0.25, 0.3) is 10.2 Å². The lowest BCUT2D eigenvalue weighted by molar-refractivity contribution is 0.758. The summed E-state index contributed by atoms with van der Waals surface area (Å²) in [5.74, 6) is 0.938. The van der Waals surface area contributed by atoms with Gasteiger partial charge in [-0.15, -0.1) is 11.3 Å². The molecule has 0 spiro atoms. The number of nitrogens with zero attached hydrogens (tertiary/aromatic N) is 2. The molecule has 3 N–H and O–H groups in total. The van der Waals surface area contributed by atoms with Crippen LogP contribution in [-0.2, 0) is 6.42 Å². The second kappa shape index (κ2) is 4.70. The Balaban J connectivity index is 1.71. The van der Waals surface area contributed by atoms with E-state index in [1.807, 2.05) is 6.07 Å². The molecule has 0 bridgehead atoms. The first-order valence-electron chi connectivity index (χ1n) is 7.06. The number of fused-ring (bicyclic) bond motifs is 2. The molecule has 0 radical (unpaired) electrons. The van der Waals surface area contributed by atoms with Crippen LogP contribution in [0.5, 0.6) is 0 Å². The molecule has 2 heterocycles. The molecule has 106 valence electrons. The zero-order chi connectivity index (χ0) is 14.4. The Hall–Kier alpha value is -2.14. The largest absolute Gasteiger partial charge is 0.399 e. The molecule has 5 heteroatoms. The van der Waals surface area contributed by atoms with Crippen molar-refractivity contribution in [2.75, 3.05) is 11.1 Å². The van der Waals surface area contributed by atoms with E-state index < -0.39 is 0 Å². The molecule has 21 heavy (non-hydrogen) atoms. The summed E-state index contributed by atoms with van der Waals surface area (Å²) < 4.78 is 1.14. The van der Waals surface area contributed by atoms with Gasteiger partial charge in [-0.2, -0.15) is 0 Å². The normalized spacial score (nSPS) is 17.1. The first-order valence-corrected chi connectivity index (χ1v) is 7.94. The molecule has 0 amide bonds. The van der Waals surface area contributed by atoms with Crippen LogP contribution in [0.2, 0.25) is 0 Å². The number of thiophene rings is 1. The zero-order valence-corrected chi connectivity index (χ0v) is 12.6. The molecule has 2 aromatic heterocycles. The van der Waals surface area contributed by atoms with Gasteiger partial charge in [-0.3, -0.25) is 0 Å². The van der Waals surface area contributed by atoms with Crippen molar-refractivity contribution in [2.45, 2.75) is 25.8 Å². The van der Waals surface area contributed by atoms with Gasteiger partial charge < -0.3 is 11.1 Å². The molecule has 0 saturated carbocycles. The third-order valence-electron chi connectivity index (χ3n) is 4.09. The molecule has 4 rings (SSSR count). The Labute approximate surface area is 127 Å². The average molecular weight is 296 g/mol. The van der Waals surface area contributed by atoms with E-state index in [0.717, 1.165) is 34.6 Å². The number of aryl methyl sites for hydroxylation is 2. The third kappa shape index (κ3) is 2.05. The molecular formula is C16H16N4S. The number of anilines is 2. The van der Waals surface area contributed by atoms with Crippen molar-refractivity contribution in [1.82, 2.24) is 9.97 Å². The summed E-state index contributed by atoms with van der Waals surface area (Å²) in [6, 6.07) is 6.50. The molecule has 3 aromatic rings. The van der Waals surface area contributed by atoms with Gasteiger partial charge in [0.25, 0.3) is 0 Å². The summed E-state index contributed by atoms with van der Waals surface area (Å²) >= 11 is 1.70. The lowest BCUT2D eigenvalue weighted by Crippen LogP contribution is -2.08. The maximum absolute atomic E-state index is 5.87. The van der Waals surface area contributed by atoms with E-state index >= 15 is 0 Å². The number of benzene rings is 1. The Kier molecular flexibility index (Phi) is 2.82. The third-order valence-corrected chi connectivity index (χ3v) is 5.18. The quantitative estimate of drug-likeness (QED) is 0.708. The first-order chi connectivity index (χ1) is 10.2. The minimum Gasteiger partial charge on any atom is -0.399 e.